The van der Waals surface area contributed by atoms with Crippen molar-refractivity contribution in [2.24, 2.45) is 0 Å². The molecule has 0 bridgehead atoms. The zero-order valence-electron chi connectivity index (χ0n) is 27.0. The van der Waals surface area contributed by atoms with Crippen LogP contribution in [0.4, 0.5) is 0 Å². The Bertz CT molecular complexity index is 2870. The van der Waals surface area contributed by atoms with Gasteiger partial charge in [0.2, 0.25) is 0 Å². The highest BCUT2D eigenvalue weighted by molar-refractivity contribution is 7.25. The van der Waals surface area contributed by atoms with Crippen LogP contribution < -0.4 is 0 Å². The van der Waals surface area contributed by atoms with Crippen molar-refractivity contribution in [3.8, 4) is 50.7 Å². The van der Waals surface area contributed by atoms with Crippen LogP contribution in [0.15, 0.2) is 176 Å². The van der Waals surface area contributed by atoms with Gasteiger partial charge in [0.05, 0.1) is 22.4 Å². The Morgan fingerprint density at radius 1 is 0.400 bits per heavy atom. The van der Waals surface area contributed by atoms with Gasteiger partial charge in [-0.25, -0.2) is 9.97 Å². The van der Waals surface area contributed by atoms with Crippen LogP contribution in [-0.4, -0.2) is 14.5 Å². The third-order valence-corrected chi connectivity index (χ3v) is 10.7. The van der Waals surface area contributed by atoms with Crippen LogP contribution in [0.3, 0.4) is 0 Å². The van der Waals surface area contributed by atoms with Crippen molar-refractivity contribution in [2.45, 2.75) is 0 Å². The Morgan fingerprint density at radius 2 is 1.04 bits per heavy atom. The molecule has 3 aromatic heterocycles. The Balaban J connectivity index is 1.15. The highest BCUT2D eigenvalue weighted by Crippen LogP contribution is 2.40. The summed E-state index contributed by atoms with van der Waals surface area (Å²) in [5, 5.41) is 5.04. The van der Waals surface area contributed by atoms with E-state index in [0.717, 1.165) is 39.3 Å². The Hall–Kier alpha value is -6.36. The molecule has 0 spiro atoms. The van der Waals surface area contributed by atoms with Gasteiger partial charge in [-0.15, -0.1) is 11.3 Å². The molecule has 0 saturated heterocycles. The number of nitrogens with zero attached hydrogens (tertiary/aromatic N) is 3. The van der Waals surface area contributed by atoms with Crippen molar-refractivity contribution in [2.75, 3.05) is 0 Å². The number of aromatic nitrogens is 3. The highest BCUT2D eigenvalue weighted by Gasteiger charge is 2.17. The fraction of sp³-hybridized carbons (Fsp3) is 0. The Kier molecular flexibility index (Phi) is 6.68. The lowest BCUT2D eigenvalue weighted by Gasteiger charge is -2.11. The lowest BCUT2D eigenvalue weighted by atomic mass is 9.97. The molecule has 0 radical (unpaired) electrons. The van der Waals surface area contributed by atoms with Gasteiger partial charge in [-0.05, 0) is 59.7 Å². The molecule has 0 aliphatic carbocycles. The molecule has 4 heteroatoms. The monoisotopic (exact) mass is 655 g/mol. The summed E-state index contributed by atoms with van der Waals surface area (Å²) >= 11 is 1.83. The Morgan fingerprint density at radius 3 is 1.90 bits per heavy atom. The van der Waals surface area contributed by atoms with Gasteiger partial charge in [0.1, 0.15) is 0 Å². The standard InChI is InChI=1S/C46H29N3S/c1-3-13-30(14-4-1)39-29-40(32-25-26-37-36-19-8-10-24-43(36)50-44(37)28-32)48-46(47-39)33-16-11-15-31(27-33)35-21-12-23-42-45(35)38-20-7-9-22-41(38)49(42)34-17-5-2-6-18-34/h1-29H. The average molecular weight is 656 g/mol. The summed E-state index contributed by atoms with van der Waals surface area (Å²) in [6.45, 7) is 0. The summed E-state index contributed by atoms with van der Waals surface area (Å²) in [4.78, 5) is 10.4. The van der Waals surface area contributed by atoms with Gasteiger partial charge < -0.3 is 4.57 Å². The van der Waals surface area contributed by atoms with Crippen LogP contribution in [0.2, 0.25) is 0 Å². The van der Waals surface area contributed by atoms with Crippen molar-refractivity contribution >= 4 is 53.3 Å². The van der Waals surface area contributed by atoms with Gasteiger partial charge in [-0.2, -0.15) is 0 Å². The van der Waals surface area contributed by atoms with Gasteiger partial charge >= 0.3 is 0 Å². The van der Waals surface area contributed by atoms with Crippen LogP contribution in [0.5, 0.6) is 0 Å². The Labute approximate surface area is 293 Å². The third kappa shape index (κ3) is 4.73. The summed E-state index contributed by atoms with van der Waals surface area (Å²) in [5.74, 6) is 0.707. The summed E-state index contributed by atoms with van der Waals surface area (Å²) < 4.78 is 4.92. The van der Waals surface area contributed by atoms with E-state index in [9.17, 15) is 0 Å². The van der Waals surface area contributed by atoms with Crippen molar-refractivity contribution < 1.29 is 0 Å². The van der Waals surface area contributed by atoms with E-state index in [4.69, 9.17) is 9.97 Å². The second kappa shape index (κ2) is 11.7. The molecule has 7 aromatic carbocycles. The van der Waals surface area contributed by atoms with E-state index in [2.05, 4.69) is 174 Å². The minimum absolute atomic E-state index is 0.707. The van der Waals surface area contributed by atoms with Crippen LogP contribution in [0, 0.1) is 0 Å². The first kappa shape index (κ1) is 28.6. The summed E-state index contributed by atoms with van der Waals surface area (Å²) in [6.07, 6.45) is 0. The van der Waals surface area contributed by atoms with Gasteiger partial charge in [-0.3, -0.25) is 0 Å². The second-order valence-corrected chi connectivity index (χ2v) is 13.7. The topological polar surface area (TPSA) is 30.7 Å². The molecular formula is C46H29N3S. The molecule has 3 nitrogen and oxygen atoms in total. The molecule has 0 aliphatic rings. The predicted molar refractivity (Wildman–Crippen MR) is 211 cm³/mol. The number of fused-ring (bicyclic) bond motifs is 6. The number of hydrogen-bond donors (Lipinski definition) is 0. The first-order chi connectivity index (χ1) is 24.8. The van der Waals surface area contributed by atoms with Crippen molar-refractivity contribution in [1.29, 1.82) is 0 Å². The first-order valence-corrected chi connectivity index (χ1v) is 17.6. The van der Waals surface area contributed by atoms with Gasteiger partial charge in [0, 0.05) is 53.3 Å². The molecule has 0 amide bonds. The largest absolute Gasteiger partial charge is 0.309 e. The molecule has 0 N–H and O–H groups in total. The fourth-order valence-electron chi connectivity index (χ4n) is 7.31. The quantitative estimate of drug-likeness (QED) is 0.185. The zero-order valence-corrected chi connectivity index (χ0v) is 27.8. The number of rotatable bonds is 5. The SMILES string of the molecule is c1ccc(-c2cc(-c3ccc4c(c3)sc3ccccc34)nc(-c3cccc(-c4cccc5c4c4ccccc4n5-c4ccccc4)c3)n2)cc1. The highest BCUT2D eigenvalue weighted by atomic mass is 32.1. The minimum Gasteiger partial charge on any atom is -0.309 e. The van der Waals surface area contributed by atoms with E-state index in [1.165, 1.54) is 47.5 Å². The van der Waals surface area contributed by atoms with E-state index >= 15 is 0 Å². The lowest BCUT2D eigenvalue weighted by Crippen LogP contribution is -1.96. The maximum atomic E-state index is 5.24. The van der Waals surface area contributed by atoms with Crippen molar-refractivity contribution in [1.82, 2.24) is 14.5 Å². The van der Waals surface area contributed by atoms with E-state index in [-0.39, 0.29) is 0 Å². The van der Waals surface area contributed by atoms with E-state index < -0.39 is 0 Å². The van der Waals surface area contributed by atoms with Gasteiger partial charge in [-0.1, -0.05) is 127 Å². The fourth-order valence-corrected chi connectivity index (χ4v) is 8.45. The molecule has 0 unspecified atom stereocenters. The number of benzene rings is 7. The van der Waals surface area contributed by atoms with Crippen LogP contribution in [0.1, 0.15) is 0 Å². The number of thiophene rings is 1. The summed E-state index contributed by atoms with van der Waals surface area (Å²) in [6, 6.07) is 62.5. The van der Waals surface area contributed by atoms with Crippen LogP contribution in [-0.2, 0) is 0 Å². The molecule has 3 heterocycles. The second-order valence-electron chi connectivity index (χ2n) is 12.6. The molecule has 234 valence electrons. The third-order valence-electron chi connectivity index (χ3n) is 9.61. The van der Waals surface area contributed by atoms with E-state index in [1.54, 1.807) is 0 Å². The molecule has 0 fully saturated rings. The molecule has 0 saturated carbocycles. The maximum absolute atomic E-state index is 5.24. The van der Waals surface area contributed by atoms with Gasteiger partial charge in [0.25, 0.3) is 0 Å². The molecule has 10 aromatic rings. The minimum atomic E-state index is 0.707. The molecule has 0 atom stereocenters. The average Bonchev–Trinajstić information content (AvgIpc) is 3.74. The summed E-state index contributed by atoms with van der Waals surface area (Å²) in [7, 11) is 0. The number of para-hydroxylation sites is 2. The lowest BCUT2D eigenvalue weighted by molar-refractivity contribution is 1.18. The van der Waals surface area contributed by atoms with Crippen LogP contribution in [0.25, 0.3) is 92.7 Å². The zero-order chi connectivity index (χ0) is 33.0. The normalized spacial score (nSPS) is 11.6. The van der Waals surface area contributed by atoms with Gasteiger partial charge in [0.15, 0.2) is 5.82 Å². The van der Waals surface area contributed by atoms with E-state index in [0.29, 0.717) is 5.82 Å². The summed E-state index contributed by atoms with van der Waals surface area (Å²) in [5.41, 5.74) is 10.8. The molecular weight excluding hydrogens is 627 g/mol. The van der Waals surface area contributed by atoms with Crippen molar-refractivity contribution in [3.63, 3.8) is 0 Å². The first-order valence-electron chi connectivity index (χ1n) is 16.8. The van der Waals surface area contributed by atoms with E-state index in [1.807, 2.05) is 17.4 Å². The molecule has 0 aliphatic heterocycles. The maximum Gasteiger partial charge on any atom is 0.160 e. The smallest absolute Gasteiger partial charge is 0.160 e. The predicted octanol–water partition coefficient (Wildman–Crippen LogP) is 12.6. The molecule has 10 rings (SSSR count). The van der Waals surface area contributed by atoms with Crippen molar-refractivity contribution in [3.05, 3.63) is 176 Å². The van der Waals surface area contributed by atoms with Crippen LogP contribution >= 0.6 is 11.3 Å². The molecule has 50 heavy (non-hydrogen) atoms. The number of hydrogen-bond acceptors (Lipinski definition) is 3.